The van der Waals surface area contributed by atoms with Crippen LogP contribution in [-0.2, 0) is 9.53 Å². The zero-order chi connectivity index (χ0) is 15.7. The first kappa shape index (κ1) is 15.2. The Balaban J connectivity index is 1.95. The highest BCUT2D eigenvalue weighted by atomic mass is 32.2. The van der Waals surface area contributed by atoms with E-state index in [0.29, 0.717) is 0 Å². The Morgan fingerprint density at radius 3 is 2.68 bits per heavy atom. The number of aliphatic imine (C=N–C) groups is 1. The van der Waals surface area contributed by atoms with Crippen molar-refractivity contribution in [2.45, 2.75) is 18.4 Å². The molecule has 0 saturated heterocycles. The van der Waals surface area contributed by atoms with Crippen molar-refractivity contribution in [2.75, 3.05) is 21.2 Å². The van der Waals surface area contributed by atoms with Crippen LogP contribution in [0.2, 0.25) is 0 Å². The summed E-state index contributed by atoms with van der Waals surface area (Å²) in [5.41, 5.74) is 1.24. The van der Waals surface area contributed by atoms with Crippen molar-refractivity contribution in [3.63, 3.8) is 0 Å². The van der Waals surface area contributed by atoms with Gasteiger partial charge in [-0.3, -0.25) is 9.79 Å². The van der Waals surface area contributed by atoms with Gasteiger partial charge in [0.15, 0.2) is 5.17 Å². The number of fused-ring (bicyclic) bond motifs is 1. The maximum absolute atomic E-state index is 12.2. The number of methoxy groups -OCH3 is 1. The number of nitrogens with zero attached hydrogens (tertiary/aromatic N) is 2. The van der Waals surface area contributed by atoms with Crippen molar-refractivity contribution in [2.24, 2.45) is 10.9 Å². The number of thioether (sulfide) groups is 1. The van der Waals surface area contributed by atoms with E-state index in [0.717, 1.165) is 11.6 Å². The summed E-state index contributed by atoms with van der Waals surface area (Å²) in [6.07, 6.45) is 3.01. The number of hydrogen-bond acceptors (Lipinski definition) is 5. The molecule has 1 aliphatic heterocycles. The molecule has 0 amide bonds. The van der Waals surface area contributed by atoms with E-state index in [4.69, 9.17) is 9.73 Å². The number of ether oxygens (including phenoxy) is 1. The van der Waals surface area contributed by atoms with Gasteiger partial charge in [0.1, 0.15) is 0 Å². The molecule has 0 saturated carbocycles. The van der Waals surface area contributed by atoms with E-state index in [1.54, 1.807) is 11.8 Å². The monoisotopic (exact) mass is 316 g/mol. The minimum atomic E-state index is -0.208. The van der Waals surface area contributed by atoms with E-state index < -0.39 is 0 Å². The fourth-order valence-corrected chi connectivity index (χ4v) is 4.11. The minimum absolute atomic E-state index is 0.0881. The first-order valence-electron chi connectivity index (χ1n) is 7.37. The van der Waals surface area contributed by atoms with Gasteiger partial charge in [-0.1, -0.05) is 48.2 Å². The molecule has 0 spiro atoms. The SMILES string of the molecule is COC(=O)[C@@H]1C[C@H](c2ccccc2)C=C2SC(N(C)C)=N[C@@H]21. The van der Waals surface area contributed by atoms with Crippen molar-refractivity contribution < 1.29 is 9.53 Å². The van der Waals surface area contributed by atoms with Gasteiger partial charge >= 0.3 is 5.97 Å². The van der Waals surface area contributed by atoms with Crippen LogP contribution in [0.3, 0.4) is 0 Å². The van der Waals surface area contributed by atoms with Crippen molar-refractivity contribution in [3.8, 4) is 0 Å². The molecule has 1 aromatic rings. The average molecular weight is 316 g/mol. The van der Waals surface area contributed by atoms with E-state index in [1.165, 1.54) is 17.6 Å². The summed E-state index contributed by atoms with van der Waals surface area (Å²) >= 11 is 1.66. The van der Waals surface area contributed by atoms with Crippen molar-refractivity contribution in [1.29, 1.82) is 0 Å². The third-order valence-electron chi connectivity index (χ3n) is 4.12. The smallest absolute Gasteiger partial charge is 0.311 e. The summed E-state index contributed by atoms with van der Waals surface area (Å²) in [4.78, 5) is 20.1. The molecular formula is C17H20N2O2S. The van der Waals surface area contributed by atoms with E-state index in [2.05, 4.69) is 18.2 Å². The molecule has 5 heteroatoms. The topological polar surface area (TPSA) is 41.9 Å². The minimum Gasteiger partial charge on any atom is -0.469 e. The van der Waals surface area contributed by atoms with Gasteiger partial charge in [0, 0.05) is 24.9 Å². The lowest BCUT2D eigenvalue weighted by Crippen LogP contribution is -2.32. The fraction of sp³-hybridized carbons (Fsp3) is 0.412. The molecule has 0 radical (unpaired) electrons. The van der Waals surface area contributed by atoms with Crippen LogP contribution in [0.15, 0.2) is 46.3 Å². The highest BCUT2D eigenvalue weighted by Gasteiger charge is 2.41. The Hall–Kier alpha value is -1.75. The summed E-state index contributed by atoms with van der Waals surface area (Å²) in [5.74, 6) is -0.137. The Morgan fingerprint density at radius 2 is 2.05 bits per heavy atom. The standard InChI is InChI=1S/C17H20N2O2S/c1-19(2)17-18-15-13(16(20)21-3)9-12(10-14(15)22-17)11-7-5-4-6-8-11/h4-8,10,12-13,15H,9H2,1-3H3/t12-,13+,15+/m0/s1. The second-order valence-corrected chi connectivity index (χ2v) is 6.85. The van der Waals surface area contributed by atoms with Crippen LogP contribution in [0.1, 0.15) is 17.9 Å². The number of carbonyl (C=O) groups excluding carboxylic acids is 1. The Kier molecular flexibility index (Phi) is 4.25. The normalized spacial score (nSPS) is 26.8. The fourth-order valence-electron chi connectivity index (χ4n) is 2.98. The molecule has 0 bridgehead atoms. The summed E-state index contributed by atoms with van der Waals surface area (Å²) in [7, 11) is 5.41. The van der Waals surface area contributed by atoms with Gasteiger partial charge in [0.05, 0.1) is 19.1 Å². The number of rotatable bonds is 2. The molecule has 1 aliphatic carbocycles. The second kappa shape index (κ2) is 6.16. The van der Waals surface area contributed by atoms with Crippen LogP contribution < -0.4 is 0 Å². The Labute approximate surface area is 135 Å². The summed E-state index contributed by atoms with van der Waals surface area (Å²) in [6.45, 7) is 0. The molecule has 3 rings (SSSR count). The van der Waals surface area contributed by atoms with Crippen molar-refractivity contribution >= 4 is 22.9 Å². The van der Waals surface area contributed by atoms with Gasteiger partial charge in [0.2, 0.25) is 0 Å². The van der Waals surface area contributed by atoms with Gasteiger partial charge in [-0.05, 0) is 12.0 Å². The van der Waals surface area contributed by atoms with Crippen LogP contribution in [0.5, 0.6) is 0 Å². The first-order chi connectivity index (χ1) is 10.6. The largest absolute Gasteiger partial charge is 0.469 e. The van der Waals surface area contributed by atoms with E-state index in [-0.39, 0.29) is 23.8 Å². The van der Waals surface area contributed by atoms with Crippen molar-refractivity contribution in [3.05, 3.63) is 46.9 Å². The van der Waals surface area contributed by atoms with Crippen LogP contribution in [0.4, 0.5) is 0 Å². The lowest BCUT2D eigenvalue weighted by molar-refractivity contribution is -0.146. The van der Waals surface area contributed by atoms with E-state index in [9.17, 15) is 4.79 Å². The average Bonchev–Trinajstić information content (AvgIpc) is 2.98. The summed E-state index contributed by atoms with van der Waals surface area (Å²) in [5, 5.41) is 0.957. The lowest BCUT2D eigenvalue weighted by atomic mass is 9.80. The summed E-state index contributed by atoms with van der Waals surface area (Å²) < 4.78 is 5.02. The number of amidine groups is 1. The van der Waals surface area contributed by atoms with E-state index in [1.807, 2.05) is 37.2 Å². The molecule has 0 fully saturated rings. The third-order valence-corrected chi connectivity index (χ3v) is 5.39. The predicted molar refractivity (Wildman–Crippen MR) is 89.9 cm³/mol. The van der Waals surface area contributed by atoms with Crippen LogP contribution >= 0.6 is 11.8 Å². The molecule has 0 N–H and O–H groups in total. The molecule has 0 unspecified atom stereocenters. The number of benzene rings is 1. The molecule has 22 heavy (non-hydrogen) atoms. The second-order valence-electron chi connectivity index (χ2n) is 5.80. The zero-order valence-corrected chi connectivity index (χ0v) is 13.8. The van der Waals surface area contributed by atoms with Gasteiger partial charge in [-0.2, -0.15) is 0 Å². The highest BCUT2D eigenvalue weighted by Crippen LogP contribution is 2.45. The predicted octanol–water partition coefficient (Wildman–Crippen LogP) is 2.88. The molecule has 1 heterocycles. The van der Waals surface area contributed by atoms with Gasteiger partial charge < -0.3 is 9.64 Å². The number of esters is 1. The number of allylic oxidation sites excluding steroid dienone is 1. The molecule has 2 aliphatic rings. The highest BCUT2D eigenvalue weighted by molar-refractivity contribution is 8.17. The molecule has 3 atom stereocenters. The molecule has 4 nitrogen and oxygen atoms in total. The van der Waals surface area contributed by atoms with Crippen LogP contribution in [-0.4, -0.2) is 43.3 Å². The number of carbonyl (C=O) groups is 1. The van der Waals surface area contributed by atoms with Crippen LogP contribution in [0, 0.1) is 5.92 Å². The Bertz CT molecular complexity index is 625. The molecule has 1 aromatic carbocycles. The first-order valence-corrected chi connectivity index (χ1v) is 8.19. The van der Waals surface area contributed by atoms with Crippen LogP contribution in [0.25, 0.3) is 0 Å². The van der Waals surface area contributed by atoms with Gasteiger partial charge in [0.25, 0.3) is 0 Å². The lowest BCUT2D eigenvalue weighted by Gasteiger charge is -2.29. The zero-order valence-electron chi connectivity index (χ0n) is 13.0. The number of hydrogen-bond donors (Lipinski definition) is 0. The molecular weight excluding hydrogens is 296 g/mol. The van der Waals surface area contributed by atoms with Gasteiger partial charge in [-0.15, -0.1) is 0 Å². The molecule has 0 aromatic heterocycles. The quantitative estimate of drug-likeness (QED) is 0.787. The summed E-state index contributed by atoms with van der Waals surface area (Å²) in [6, 6.07) is 10.2. The maximum atomic E-state index is 12.2. The van der Waals surface area contributed by atoms with Crippen molar-refractivity contribution in [1.82, 2.24) is 4.90 Å². The maximum Gasteiger partial charge on any atom is 0.311 e. The van der Waals surface area contributed by atoms with E-state index >= 15 is 0 Å². The Morgan fingerprint density at radius 1 is 1.32 bits per heavy atom. The van der Waals surface area contributed by atoms with Gasteiger partial charge in [-0.25, -0.2) is 0 Å². The third kappa shape index (κ3) is 2.77. The molecule has 116 valence electrons.